The Labute approximate surface area is 102 Å². The fourth-order valence-electron chi connectivity index (χ4n) is 2.63. The summed E-state index contributed by atoms with van der Waals surface area (Å²) < 4.78 is 5.79. The quantitative estimate of drug-likeness (QED) is 0.836. The van der Waals surface area contributed by atoms with Crippen LogP contribution in [-0.4, -0.2) is 23.9 Å². The minimum Gasteiger partial charge on any atom is -0.508 e. The van der Waals surface area contributed by atoms with Crippen molar-refractivity contribution in [2.24, 2.45) is 5.92 Å². The number of rotatable bonds is 4. The average molecular weight is 233 g/mol. The number of hydrogen-bond donors (Lipinski definition) is 2. The Morgan fingerprint density at radius 2 is 2.18 bits per heavy atom. The highest BCUT2D eigenvalue weighted by atomic mass is 16.5. The highest BCUT2D eigenvalue weighted by molar-refractivity contribution is 5.27. The molecule has 1 saturated heterocycles. The first-order chi connectivity index (χ1) is 8.33. The predicted molar refractivity (Wildman–Crippen MR) is 65.8 cm³/mol. The van der Waals surface area contributed by atoms with E-state index >= 15 is 0 Å². The minimum absolute atomic E-state index is 0.339. The second kappa shape index (κ2) is 4.67. The topological polar surface area (TPSA) is 41.5 Å². The lowest BCUT2D eigenvalue weighted by atomic mass is 10.1. The molecule has 0 bridgehead atoms. The Morgan fingerprint density at radius 1 is 1.29 bits per heavy atom. The Morgan fingerprint density at radius 3 is 2.94 bits per heavy atom. The molecule has 0 radical (unpaired) electrons. The molecular formula is C14H19NO2. The van der Waals surface area contributed by atoms with Crippen molar-refractivity contribution < 1.29 is 9.84 Å². The van der Waals surface area contributed by atoms with E-state index in [0.29, 0.717) is 17.9 Å². The standard InChI is InChI=1S/C14H19NO2/c16-12-3-1-2-10(8-12)9-15-13-6-7-17-14(13)11-4-5-11/h1-3,8,11,13-16H,4-7,9H2. The molecule has 3 rings (SSSR count). The SMILES string of the molecule is Oc1cccc(CNC2CCOC2C2CC2)c1. The molecule has 17 heavy (non-hydrogen) atoms. The molecule has 2 unspecified atom stereocenters. The van der Waals surface area contributed by atoms with Crippen LogP contribution in [0.2, 0.25) is 0 Å². The zero-order valence-electron chi connectivity index (χ0n) is 9.93. The predicted octanol–water partition coefficient (Wildman–Crippen LogP) is 2.05. The molecule has 1 aliphatic carbocycles. The molecule has 0 amide bonds. The monoisotopic (exact) mass is 233 g/mol. The number of ether oxygens (including phenoxy) is 1. The lowest BCUT2D eigenvalue weighted by molar-refractivity contribution is 0.0809. The van der Waals surface area contributed by atoms with Gasteiger partial charge < -0.3 is 15.2 Å². The summed E-state index contributed by atoms with van der Waals surface area (Å²) in [7, 11) is 0. The largest absolute Gasteiger partial charge is 0.508 e. The third kappa shape index (κ3) is 2.61. The van der Waals surface area contributed by atoms with Gasteiger partial charge in [-0.15, -0.1) is 0 Å². The van der Waals surface area contributed by atoms with E-state index in [1.165, 1.54) is 12.8 Å². The van der Waals surface area contributed by atoms with Crippen molar-refractivity contribution in [3.63, 3.8) is 0 Å². The Bertz CT molecular complexity index is 390. The maximum Gasteiger partial charge on any atom is 0.115 e. The van der Waals surface area contributed by atoms with E-state index in [4.69, 9.17) is 4.74 Å². The molecule has 92 valence electrons. The van der Waals surface area contributed by atoms with Crippen LogP contribution in [0.4, 0.5) is 0 Å². The van der Waals surface area contributed by atoms with Gasteiger partial charge in [-0.05, 0) is 42.9 Å². The van der Waals surface area contributed by atoms with Crippen LogP contribution >= 0.6 is 0 Å². The van der Waals surface area contributed by atoms with Crippen molar-refractivity contribution in [1.82, 2.24) is 5.32 Å². The summed E-state index contributed by atoms with van der Waals surface area (Å²) >= 11 is 0. The third-order valence-corrected chi connectivity index (χ3v) is 3.70. The van der Waals surface area contributed by atoms with Crippen LogP contribution < -0.4 is 5.32 Å². The van der Waals surface area contributed by atoms with Crippen LogP contribution in [0.1, 0.15) is 24.8 Å². The maximum atomic E-state index is 9.40. The van der Waals surface area contributed by atoms with E-state index < -0.39 is 0 Å². The molecule has 3 nitrogen and oxygen atoms in total. The van der Waals surface area contributed by atoms with Gasteiger partial charge in [-0.25, -0.2) is 0 Å². The van der Waals surface area contributed by atoms with Gasteiger partial charge in [0.1, 0.15) is 5.75 Å². The van der Waals surface area contributed by atoms with Gasteiger partial charge in [-0.3, -0.25) is 0 Å². The van der Waals surface area contributed by atoms with Crippen LogP contribution in [-0.2, 0) is 11.3 Å². The van der Waals surface area contributed by atoms with Crippen molar-refractivity contribution in [2.75, 3.05) is 6.61 Å². The normalized spacial score (nSPS) is 28.5. The van der Waals surface area contributed by atoms with Gasteiger partial charge in [-0.2, -0.15) is 0 Å². The van der Waals surface area contributed by atoms with Crippen LogP contribution in [0.3, 0.4) is 0 Å². The molecule has 1 aromatic carbocycles. The van der Waals surface area contributed by atoms with Crippen molar-refractivity contribution in [3.05, 3.63) is 29.8 Å². The van der Waals surface area contributed by atoms with Gasteiger partial charge in [0, 0.05) is 19.2 Å². The molecular weight excluding hydrogens is 214 g/mol. The molecule has 2 aliphatic rings. The lowest BCUT2D eigenvalue weighted by Crippen LogP contribution is -2.37. The summed E-state index contributed by atoms with van der Waals surface area (Å²) in [5.41, 5.74) is 1.13. The number of aromatic hydroxyl groups is 1. The van der Waals surface area contributed by atoms with Crippen LogP contribution in [0.25, 0.3) is 0 Å². The molecule has 1 aliphatic heterocycles. The molecule has 2 N–H and O–H groups in total. The summed E-state index contributed by atoms with van der Waals surface area (Å²) in [5, 5.41) is 13.0. The smallest absolute Gasteiger partial charge is 0.115 e. The first-order valence-electron chi connectivity index (χ1n) is 6.46. The van der Waals surface area contributed by atoms with Gasteiger partial charge in [0.2, 0.25) is 0 Å². The van der Waals surface area contributed by atoms with Gasteiger partial charge >= 0.3 is 0 Å². The van der Waals surface area contributed by atoms with Crippen molar-refractivity contribution in [1.29, 1.82) is 0 Å². The molecule has 0 aromatic heterocycles. The first kappa shape index (κ1) is 11.1. The Kier molecular flexibility index (Phi) is 3.04. The lowest BCUT2D eigenvalue weighted by Gasteiger charge is -2.19. The highest BCUT2D eigenvalue weighted by Crippen LogP contribution is 2.38. The summed E-state index contributed by atoms with van der Waals surface area (Å²) in [5.74, 6) is 1.13. The third-order valence-electron chi connectivity index (χ3n) is 3.70. The number of hydrogen-bond acceptors (Lipinski definition) is 3. The van der Waals surface area contributed by atoms with Gasteiger partial charge in [0.05, 0.1) is 6.10 Å². The number of phenols is 1. The van der Waals surface area contributed by atoms with Gasteiger partial charge in [-0.1, -0.05) is 12.1 Å². The zero-order valence-corrected chi connectivity index (χ0v) is 9.93. The summed E-state index contributed by atoms with van der Waals surface area (Å²) in [4.78, 5) is 0. The summed E-state index contributed by atoms with van der Waals surface area (Å²) in [6, 6.07) is 7.93. The first-order valence-corrected chi connectivity index (χ1v) is 6.46. The highest BCUT2D eigenvalue weighted by Gasteiger charge is 2.40. The van der Waals surface area contributed by atoms with Crippen LogP contribution in [0, 0.1) is 5.92 Å². The van der Waals surface area contributed by atoms with E-state index in [2.05, 4.69) is 5.32 Å². The van der Waals surface area contributed by atoms with Crippen LogP contribution in [0.15, 0.2) is 24.3 Å². The maximum absolute atomic E-state index is 9.40. The van der Waals surface area contributed by atoms with Crippen molar-refractivity contribution >= 4 is 0 Å². The number of benzene rings is 1. The molecule has 2 fully saturated rings. The second-order valence-electron chi connectivity index (χ2n) is 5.12. The van der Waals surface area contributed by atoms with Crippen molar-refractivity contribution in [2.45, 2.75) is 38.0 Å². The number of nitrogens with one attached hydrogen (secondary N) is 1. The van der Waals surface area contributed by atoms with E-state index in [9.17, 15) is 5.11 Å². The molecule has 3 heteroatoms. The zero-order chi connectivity index (χ0) is 11.7. The second-order valence-corrected chi connectivity index (χ2v) is 5.12. The summed E-state index contributed by atoms with van der Waals surface area (Å²) in [6.07, 6.45) is 4.19. The van der Waals surface area contributed by atoms with E-state index in [1.54, 1.807) is 6.07 Å². The fraction of sp³-hybridized carbons (Fsp3) is 0.571. The minimum atomic E-state index is 0.339. The summed E-state index contributed by atoms with van der Waals surface area (Å²) in [6.45, 7) is 1.70. The number of phenolic OH excluding ortho intramolecular Hbond substituents is 1. The Hall–Kier alpha value is -1.06. The molecule has 1 heterocycles. The molecule has 0 spiro atoms. The van der Waals surface area contributed by atoms with E-state index in [1.807, 2.05) is 18.2 Å². The van der Waals surface area contributed by atoms with Crippen molar-refractivity contribution in [3.8, 4) is 5.75 Å². The van der Waals surface area contributed by atoms with Gasteiger partial charge in [0.15, 0.2) is 0 Å². The van der Waals surface area contributed by atoms with Crippen LogP contribution in [0.5, 0.6) is 5.75 Å². The average Bonchev–Trinajstić information content (AvgIpc) is 3.06. The van der Waals surface area contributed by atoms with Gasteiger partial charge in [0.25, 0.3) is 0 Å². The fourth-order valence-corrected chi connectivity index (χ4v) is 2.63. The molecule has 1 aromatic rings. The molecule has 1 saturated carbocycles. The molecule has 2 atom stereocenters. The van der Waals surface area contributed by atoms with E-state index in [-0.39, 0.29) is 0 Å². The Balaban J connectivity index is 1.56. The van der Waals surface area contributed by atoms with E-state index in [0.717, 1.165) is 31.1 Å².